The first-order valence-electron chi connectivity index (χ1n) is 25.9. The number of aliphatic hydroxyl groups is 1. The van der Waals surface area contributed by atoms with Crippen molar-refractivity contribution in [1.29, 1.82) is 0 Å². The molecule has 2 atom stereocenters. The first-order chi connectivity index (χ1) is 36.6. The number of phenols is 2. The van der Waals surface area contributed by atoms with Crippen LogP contribution < -0.4 is 20.3 Å². The van der Waals surface area contributed by atoms with E-state index in [-0.39, 0.29) is 83.4 Å². The Balaban J connectivity index is 0.764. The Morgan fingerprint density at radius 2 is 1.68 bits per heavy atom. The number of aryl methyl sites for hydroxylation is 1. The number of amides is 3. The van der Waals surface area contributed by atoms with Crippen LogP contribution >= 0.6 is 0 Å². The van der Waals surface area contributed by atoms with E-state index in [4.69, 9.17) is 19.2 Å². The summed E-state index contributed by atoms with van der Waals surface area (Å²) < 4.78 is 20.7. The molecular formula is C57H60N8O11. The van der Waals surface area contributed by atoms with Gasteiger partial charge in [0.05, 0.1) is 34.6 Å². The lowest BCUT2D eigenvalue weighted by Crippen LogP contribution is -2.49. The minimum absolute atomic E-state index is 0.0335. The number of phenolic OH excluding ortho intramolecular Hbond substituents is 2. The normalized spacial score (nSPS) is 17.9. The van der Waals surface area contributed by atoms with Crippen LogP contribution in [-0.2, 0) is 34.7 Å². The zero-order valence-corrected chi connectivity index (χ0v) is 43.3. The molecule has 10 rings (SSSR count). The number of aromatic nitrogens is 5. The van der Waals surface area contributed by atoms with Gasteiger partial charge in [-0.2, -0.15) is 0 Å². The van der Waals surface area contributed by atoms with Crippen LogP contribution in [0.1, 0.15) is 122 Å². The maximum Gasteiger partial charge on any atom is 0.415 e. The van der Waals surface area contributed by atoms with Crippen molar-refractivity contribution >= 4 is 40.5 Å². The molecule has 1 fully saturated rings. The number of aromatic hydroxyl groups is 2. The van der Waals surface area contributed by atoms with Crippen molar-refractivity contribution in [2.45, 2.75) is 110 Å². The predicted molar refractivity (Wildman–Crippen MR) is 281 cm³/mol. The summed E-state index contributed by atoms with van der Waals surface area (Å²) in [6.07, 6.45) is 6.87. The Bertz CT molecular complexity index is 3460. The Morgan fingerprint density at radius 1 is 0.934 bits per heavy atom. The highest BCUT2D eigenvalue weighted by molar-refractivity contribution is 5.95. The van der Waals surface area contributed by atoms with Gasteiger partial charge in [-0.05, 0) is 123 Å². The van der Waals surface area contributed by atoms with Crippen molar-refractivity contribution in [3.8, 4) is 45.8 Å². The van der Waals surface area contributed by atoms with Crippen molar-refractivity contribution < 1.29 is 48.7 Å². The predicted octanol–water partition coefficient (Wildman–Crippen LogP) is 7.56. The number of likely N-dealkylation sites (tertiary alicyclic amines) is 1. The number of nitrogens with zero attached hydrogens (tertiary/aromatic N) is 7. The number of nitrogens with one attached hydrogen (secondary N) is 1. The van der Waals surface area contributed by atoms with Gasteiger partial charge in [-0.25, -0.2) is 14.6 Å². The Kier molecular flexibility index (Phi) is 13.8. The van der Waals surface area contributed by atoms with E-state index in [0.717, 1.165) is 16.5 Å². The van der Waals surface area contributed by atoms with E-state index in [9.17, 15) is 39.3 Å². The minimum atomic E-state index is -1.93. The van der Waals surface area contributed by atoms with Gasteiger partial charge in [-0.3, -0.25) is 19.0 Å². The van der Waals surface area contributed by atoms with Gasteiger partial charge in [0.25, 0.3) is 17.4 Å². The number of cyclic esters (lactones) is 1. The molecule has 19 heteroatoms. The molecule has 3 aliphatic heterocycles. The van der Waals surface area contributed by atoms with E-state index in [1.165, 1.54) is 6.07 Å². The maximum atomic E-state index is 13.9. The molecule has 0 saturated carbocycles. The van der Waals surface area contributed by atoms with Gasteiger partial charge >= 0.3 is 12.1 Å². The highest BCUT2D eigenvalue weighted by atomic mass is 16.6. The van der Waals surface area contributed by atoms with Gasteiger partial charge in [-0.15, -0.1) is 10.2 Å². The summed E-state index contributed by atoms with van der Waals surface area (Å²) in [5, 5.41) is 44.8. The van der Waals surface area contributed by atoms with E-state index in [1.54, 1.807) is 93.5 Å². The molecule has 0 spiro atoms. The van der Waals surface area contributed by atoms with Crippen LogP contribution in [0.3, 0.4) is 0 Å². The molecule has 3 amide bonds. The number of piperidine rings is 1. The smallest absolute Gasteiger partial charge is 0.415 e. The van der Waals surface area contributed by atoms with E-state index in [1.807, 2.05) is 39.8 Å². The monoisotopic (exact) mass is 1030 g/mol. The number of fused-ring (bicyclic) bond motifs is 5. The van der Waals surface area contributed by atoms with Crippen LogP contribution in [0, 0.1) is 0 Å². The summed E-state index contributed by atoms with van der Waals surface area (Å²) in [7, 11) is 0. The summed E-state index contributed by atoms with van der Waals surface area (Å²) in [5.74, 6) is -0.480. The summed E-state index contributed by atoms with van der Waals surface area (Å²) in [4.78, 5) is 75.7. The second kappa shape index (κ2) is 20.4. The molecule has 2 unspecified atom stereocenters. The number of allylic oxidation sites excluding steroid dienone is 2. The van der Waals surface area contributed by atoms with Crippen molar-refractivity contribution in [3.63, 3.8) is 0 Å². The molecule has 4 N–H and O–H groups in total. The van der Waals surface area contributed by atoms with Crippen LogP contribution in [0.2, 0.25) is 0 Å². The Hall–Kier alpha value is -8.32. The molecule has 1 aliphatic carbocycles. The van der Waals surface area contributed by atoms with Crippen molar-refractivity contribution in [2.24, 2.45) is 0 Å². The van der Waals surface area contributed by atoms with Gasteiger partial charge < -0.3 is 49.2 Å². The molecule has 3 aromatic heterocycles. The molecule has 76 heavy (non-hydrogen) atoms. The van der Waals surface area contributed by atoms with E-state index in [0.29, 0.717) is 103 Å². The molecule has 394 valence electrons. The molecule has 0 bridgehead atoms. The van der Waals surface area contributed by atoms with Gasteiger partial charge in [0.2, 0.25) is 5.82 Å². The number of esters is 1. The number of carbonyl (C=O) groups excluding carboxylic acids is 4. The number of rotatable bonds is 13. The molecule has 3 aromatic carbocycles. The molecular weight excluding hydrogens is 973 g/mol. The molecule has 4 aliphatic rings. The van der Waals surface area contributed by atoms with Gasteiger partial charge in [0.1, 0.15) is 35.7 Å². The van der Waals surface area contributed by atoms with Crippen molar-refractivity contribution in [2.75, 3.05) is 26.2 Å². The van der Waals surface area contributed by atoms with E-state index in [2.05, 4.69) is 15.5 Å². The maximum absolute atomic E-state index is 13.9. The molecule has 0 radical (unpaired) electrons. The quantitative estimate of drug-likeness (QED) is 0.0816. The van der Waals surface area contributed by atoms with Crippen molar-refractivity contribution in [3.05, 3.63) is 128 Å². The number of hydrogen-bond donors (Lipinski definition) is 4. The fraction of sp³-hybridized carbons (Fsp3) is 0.368. The largest absolute Gasteiger partial charge is 0.508 e. The third kappa shape index (κ3) is 9.01. The average Bonchev–Trinajstić information content (AvgIpc) is 4.03. The van der Waals surface area contributed by atoms with Crippen molar-refractivity contribution in [1.82, 2.24) is 39.4 Å². The lowest BCUT2D eigenvalue weighted by molar-refractivity contribution is -0.172. The molecule has 1 saturated heterocycles. The first-order valence-corrected chi connectivity index (χ1v) is 25.9. The molecule has 6 heterocycles. The number of pyridine rings is 2. The van der Waals surface area contributed by atoms with Gasteiger partial charge in [-0.1, -0.05) is 33.8 Å². The summed E-state index contributed by atoms with van der Waals surface area (Å²) in [6.45, 7) is 12.9. The van der Waals surface area contributed by atoms with Crippen LogP contribution in [-0.4, -0.2) is 112 Å². The second-order valence-corrected chi connectivity index (χ2v) is 19.8. The Labute approximate surface area is 438 Å². The second-order valence-electron chi connectivity index (χ2n) is 19.8. The topological polar surface area (TPSA) is 241 Å². The summed E-state index contributed by atoms with van der Waals surface area (Å²) in [5.41, 5.74) is 3.83. The lowest BCUT2D eigenvalue weighted by atomic mass is 9.86. The molecule has 6 aromatic rings. The highest BCUT2D eigenvalue weighted by Crippen LogP contribution is 2.42. The van der Waals surface area contributed by atoms with E-state index < -0.39 is 23.6 Å². The zero-order chi connectivity index (χ0) is 53.7. The van der Waals surface area contributed by atoms with Crippen LogP contribution in [0.15, 0.2) is 83.7 Å². The highest BCUT2D eigenvalue weighted by Gasteiger charge is 2.45. The molecule has 19 nitrogen and oxygen atoms in total. The standard InChI is InChI=1S/C57H60N8O11/c1-7-38-40-25-37(19-20-45(40)59-49-42(38)29-64-46(49)27-44-43(54(64)70)30-74-55(71)57(44,73)8-2)76-56(72)63(10-4)33-21-23-62(24-22-33)53(69)32-11-15-35(16-12-32)75-36-17-13-34(14-18-36)65-50(60-61-51(65)52(68)58-9-3)41-26-39(31(5)6)47(66)28-48(41)67/h11-17,19-20,25-28,31,33,36,66-67,73H,7-10,18,21-24,29-30H2,1-6H3,(H,58,68). The fourth-order valence-corrected chi connectivity index (χ4v) is 10.9. The number of hydrogen-bond acceptors (Lipinski definition) is 14. The third-order valence-corrected chi connectivity index (χ3v) is 15.0. The zero-order valence-electron chi connectivity index (χ0n) is 43.3. The average molecular weight is 1030 g/mol. The van der Waals surface area contributed by atoms with E-state index >= 15 is 0 Å². The fourth-order valence-electron chi connectivity index (χ4n) is 10.9. The Morgan fingerprint density at radius 3 is 2.36 bits per heavy atom. The summed E-state index contributed by atoms with van der Waals surface area (Å²) >= 11 is 0. The van der Waals surface area contributed by atoms with Crippen LogP contribution in [0.5, 0.6) is 23.0 Å². The summed E-state index contributed by atoms with van der Waals surface area (Å²) in [6, 6.07) is 16.7. The minimum Gasteiger partial charge on any atom is -0.508 e. The van der Waals surface area contributed by atoms with Gasteiger partial charge in [0.15, 0.2) is 11.4 Å². The van der Waals surface area contributed by atoms with Crippen LogP contribution in [0.25, 0.3) is 39.4 Å². The number of carbonyl (C=O) groups is 4. The number of benzene rings is 3. The third-order valence-electron chi connectivity index (χ3n) is 15.0. The van der Waals surface area contributed by atoms with Crippen LogP contribution in [0.4, 0.5) is 4.79 Å². The van der Waals surface area contributed by atoms with Gasteiger partial charge in [0, 0.05) is 72.5 Å². The number of ether oxygens (including phenoxy) is 3. The first kappa shape index (κ1) is 51.2. The SMILES string of the molecule is CCNC(=O)c1nnc(-c2cc(C(C)C)c(O)cc2O)n1C1=CCC(Oc2ccc(C(=O)N3CCC(N(CC)C(=O)Oc4ccc5nc6c(c(CC)c5c4)Cn4c-6cc5c(c4=O)COC(=O)C5(O)CC)CC3)cc2)C=C1. The lowest BCUT2D eigenvalue weighted by Gasteiger charge is -2.37.